The van der Waals surface area contributed by atoms with E-state index in [9.17, 15) is 14.4 Å². The number of ketones is 1. The Morgan fingerprint density at radius 3 is 2.45 bits per heavy atom. The number of nitrogens with zero attached hydrogens (tertiary/aromatic N) is 1. The first-order chi connectivity index (χ1) is 15.8. The lowest BCUT2D eigenvalue weighted by atomic mass is 9.98. The zero-order chi connectivity index (χ0) is 24.1. The van der Waals surface area contributed by atoms with Gasteiger partial charge in [-0.05, 0) is 50.1 Å². The normalized spacial score (nSPS) is 11.9. The van der Waals surface area contributed by atoms with Gasteiger partial charge < -0.3 is 19.4 Å². The van der Waals surface area contributed by atoms with Crippen LogP contribution in [0.1, 0.15) is 56.3 Å². The number of rotatable bonds is 9. The molecule has 33 heavy (non-hydrogen) atoms. The number of H-pyrrole nitrogens is 1. The molecule has 1 amide bonds. The van der Waals surface area contributed by atoms with E-state index < -0.39 is 12.0 Å². The van der Waals surface area contributed by atoms with Crippen molar-refractivity contribution in [2.24, 2.45) is 0 Å². The molecule has 7 nitrogen and oxygen atoms in total. The quantitative estimate of drug-likeness (QED) is 0.387. The van der Waals surface area contributed by atoms with Crippen LogP contribution in [0.3, 0.4) is 0 Å². The molecule has 3 rings (SSSR count). The van der Waals surface area contributed by atoms with Gasteiger partial charge >= 0.3 is 5.97 Å². The Labute approximate surface area is 193 Å². The minimum absolute atomic E-state index is 0.236. The highest BCUT2D eigenvalue weighted by atomic mass is 16.5. The second kappa shape index (κ2) is 10.4. The van der Waals surface area contributed by atoms with Crippen LogP contribution in [0.2, 0.25) is 0 Å². The van der Waals surface area contributed by atoms with Crippen LogP contribution in [0.15, 0.2) is 42.5 Å². The highest BCUT2D eigenvalue weighted by Crippen LogP contribution is 2.25. The molecule has 0 bridgehead atoms. The number of aromatic nitrogens is 1. The fraction of sp³-hybridized carbons (Fsp3) is 0.346. The van der Waals surface area contributed by atoms with Gasteiger partial charge in [-0.2, -0.15) is 0 Å². The molecule has 174 valence electrons. The molecule has 7 heteroatoms. The number of hydrogen-bond acceptors (Lipinski definition) is 5. The highest BCUT2D eigenvalue weighted by molar-refractivity contribution is 6.11. The van der Waals surface area contributed by atoms with Gasteiger partial charge in [-0.15, -0.1) is 0 Å². The molecule has 0 radical (unpaired) electrons. The zero-order valence-electron chi connectivity index (χ0n) is 19.7. The van der Waals surface area contributed by atoms with E-state index in [2.05, 4.69) is 4.98 Å². The molecule has 0 saturated heterocycles. The Balaban J connectivity index is 1.99. The largest absolute Gasteiger partial charge is 0.461 e. The maximum atomic E-state index is 13.6. The summed E-state index contributed by atoms with van der Waals surface area (Å²) >= 11 is 0. The summed E-state index contributed by atoms with van der Waals surface area (Å²) in [6.07, 6.45) is 0. The maximum absolute atomic E-state index is 13.6. The first kappa shape index (κ1) is 24.2. The van der Waals surface area contributed by atoms with E-state index in [1.165, 1.54) is 4.90 Å². The standard InChI is InChI=1S/C26H30N2O5/c1-6-33-26(31)23-16(2)22(17(3)27-23)24(29)18(4)28(14-15-32-5)25(30)21-13-9-11-19-10-7-8-12-20(19)21/h7-13,18,27H,6,14-15H2,1-5H3/t18-/m0/s1. The molecule has 0 aliphatic heterocycles. The van der Waals surface area contributed by atoms with Crippen molar-refractivity contribution in [1.82, 2.24) is 9.88 Å². The summed E-state index contributed by atoms with van der Waals surface area (Å²) in [5.41, 5.74) is 2.27. The summed E-state index contributed by atoms with van der Waals surface area (Å²) in [6.45, 7) is 7.65. The lowest BCUT2D eigenvalue weighted by Gasteiger charge is -2.29. The van der Waals surface area contributed by atoms with Crippen molar-refractivity contribution in [1.29, 1.82) is 0 Å². The molecule has 2 aromatic carbocycles. The van der Waals surface area contributed by atoms with Crippen LogP contribution >= 0.6 is 0 Å². The van der Waals surface area contributed by atoms with Gasteiger partial charge in [0.25, 0.3) is 5.91 Å². The van der Waals surface area contributed by atoms with Crippen LogP contribution in [0.5, 0.6) is 0 Å². The van der Waals surface area contributed by atoms with Crippen molar-refractivity contribution in [3.05, 3.63) is 70.5 Å². The van der Waals surface area contributed by atoms with Gasteiger partial charge in [0.1, 0.15) is 5.69 Å². The van der Waals surface area contributed by atoms with Crippen molar-refractivity contribution < 1.29 is 23.9 Å². The number of ether oxygens (including phenoxy) is 2. The van der Waals surface area contributed by atoms with E-state index in [-0.39, 0.29) is 37.1 Å². The number of hydrogen-bond donors (Lipinski definition) is 1. The van der Waals surface area contributed by atoms with E-state index in [1.54, 1.807) is 40.9 Å². The number of aromatic amines is 1. The molecule has 0 aliphatic carbocycles. The molecule has 0 spiro atoms. The molecular weight excluding hydrogens is 420 g/mol. The second-order valence-corrected chi connectivity index (χ2v) is 7.90. The molecule has 1 N–H and O–H groups in total. The Morgan fingerprint density at radius 2 is 1.76 bits per heavy atom. The van der Waals surface area contributed by atoms with Crippen LogP contribution in [0.25, 0.3) is 10.8 Å². The minimum Gasteiger partial charge on any atom is -0.461 e. The summed E-state index contributed by atoms with van der Waals surface area (Å²) in [5, 5.41) is 1.77. The number of fused-ring (bicyclic) bond motifs is 1. The SMILES string of the molecule is CCOC(=O)c1[nH]c(C)c(C(=O)[C@H](C)N(CCOC)C(=O)c2cccc3ccccc23)c1C. The lowest BCUT2D eigenvalue weighted by Crippen LogP contribution is -2.45. The van der Waals surface area contributed by atoms with Crippen molar-refractivity contribution in [3.8, 4) is 0 Å². The van der Waals surface area contributed by atoms with Crippen LogP contribution in [-0.2, 0) is 9.47 Å². The van der Waals surface area contributed by atoms with Crippen LogP contribution in [0.4, 0.5) is 0 Å². The molecule has 3 aromatic rings. The lowest BCUT2D eigenvalue weighted by molar-refractivity contribution is 0.0518. The van der Waals surface area contributed by atoms with Crippen molar-refractivity contribution in [2.75, 3.05) is 26.9 Å². The third-order valence-corrected chi connectivity index (χ3v) is 5.83. The van der Waals surface area contributed by atoms with E-state index in [0.717, 1.165) is 10.8 Å². The molecule has 1 atom stereocenters. The zero-order valence-corrected chi connectivity index (χ0v) is 19.7. The van der Waals surface area contributed by atoms with Crippen LogP contribution in [-0.4, -0.2) is 60.5 Å². The number of methoxy groups -OCH3 is 1. The first-order valence-electron chi connectivity index (χ1n) is 11.0. The van der Waals surface area contributed by atoms with Gasteiger partial charge in [0.05, 0.1) is 19.3 Å². The number of nitrogens with one attached hydrogen (secondary N) is 1. The predicted molar refractivity (Wildman–Crippen MR) is 127 cm³/mol. The Kier molecular flexibility index (Phi) is 7.66. The van der Waals surface area contributed by atoms with Gasteiger partial charge in [0, 0.05) is 30.5 Å². The third-order valence-electron chi connectivity index (χ3n) is 5.83. The van der Waals surface area contributed by atoms with Gasteiger partial charge in [-0.25, -0.2) is 4.79 Å². The summed E-state index contributed by atoms with van der Waals surface area (Å²) in [6, 6.07) is 12.4. The smallest absolute Gasteiger partial charge is 0.355 e. The molecule has 0 fully saturated rings. The van der Waals surface area contributed by atoms with Gasteiger partial charge in [0.2, 0.25) is 0 Å². The summed E-state index contributed by atoms with van der Waals surface area (Å²) in [7, 11) is 1.55. The average molecular weight is 451 g/mol. The Hall–Kier alpha value is -3.45. The van der Waals surface area contributed by atoms with Crippen LogP contribution < -0.4 is 0 Å². The van der Waals surface area contributed by atoms with E-state index in [0.29, 0.717) is 22.4 Å². The number of benzene rings is 2. The summed E-state index contributed by atoms with van der Waals surface area (Å²) in [4.78, 5) is 44.0. The summed E-state index contributed by atoms with van der Waals surface area (Å²) < 4.78 is 10.3. The molecule has 0 saturated carbocycles. The van der Waals surface area contributed by atoms with Crippen LogP contribution in [0, 0.1) is 13.8 Å². The van der Waals surface area contributed by atoms with Crippen molar-refractivity contribution >= 4 is 28.4 Å². The second-order valence-electron chi connectivity index (χ2n) is 7.90. The number of aryl methyl sites for hydroxylation is 1. The maximum Gasteiger partial charge on any atom is 0.355 e. The minimum atomic E-state index is -0.769. The molecule has 1 aromatic heterocycles. The molecule has 0 aliphatic rings. The molecule has 0 unspecified atom stereocenters. The van der Waals surface area contributed by atoms with Gasteiger partial charge in [-0.1, -0.05) is 36.4 Å². The molecular formula is C26H30N2O5. The highest BCUT2D eigenvalue weighted by Gasteiger charge is 2.32. The molecule has 1 heterocycles. The topological polar surface area (TPSA) is 88.7 Å². The number of carbonyl (C=O) groups excluding carboxylic acids is 3. The third kappa shape index (κ3) is 4.83. The Morgan fingerprint density at radius 1 is 1.06 bits per heavy atom. The van der Waals surface area contributed by atoms with E-state index in [4.69, 9.17) is 9.47 Å². The Bertz CT molecular complexity index is 1180. The van der Waals surface area contributed by atoms with E-state index in [1.807, 2.05) is 36.4 Å². The average Bonchev–Trinajstić information content (AvgIpc) is 3.12. The van der Waals surface area contributed by atoms with Gasteiger partial charge in [0.15, 0.2) is 5.78 Å². The van der Waals surface area contributed by atoms with Crippen molar-refractivity contribution in [3.63, 3.8) is 0 Å². The van der Waals surface area contributed by atoms with Gasteiger partial charge in [-0.3, -0.25) is 9.59 Å². The fourth-order valence-corrected chi connectivity index (χ4v) is 4.10. The first-order valence-corrected chi connectivity index (χ1v) is 11.0. The summed E-state index contributed by atoms with van der Waals surface area (Å²) in [5.74, 6) is -1.00. The predicted octanol–water partition coefficient (Wildman–Crippen LogP) is 4.32. The van der Waals surface area contributed by atoms with E-state index >= 15 is 0 Å². The number of Topliss-reactive ketones (excluding diaryl/α,β-unsaturated/α-hetero) is 1. The number of amides is 1. The van der Waals surface area contributed by atoms with Crippen molar-refractivity contribution in [2.45, 2.75) is 33.7 Å². The number of carbonyl (C=O) groups is 3. The monoisotopic (exact) mass is 450 g/mol. The number of esters is 1. The fourth-order valence-electron chi connectivity index (χ4n) is 4.10.